The molecule has 0 saturated heterocycles. The molecule has 3 aliphatic rings. The van der Waals surface area contributed by atoms with Gasteiger partial charge in [-0.2, -0.15) is 0 Å². The predicted molar refractivity (Wildman–Crippen MR) is 85.9 cm³/mol. The number of nitrogens with zero attached hydrogens (tertiary/aromatic N) is 1. The molecule has 0 aromatic heterocycles. The SMILES string of the molecule is CNC1(CCN(C)CC2CC3CCC2C3)CCCCC1. The largest absolute Gasteiger partial charge is 0.314 e. The molecule has 0 spiro atoms. The maximum Gasteiger partial charge on any atom is 0.0190 e. The van der Waals surface area contributed by atoms with Gasteiger partial charge in [0.05, 0.1) is 0 Å². The Morgan fingerprint density at radius 1 is 1.10 bits per heavy atom. The van der Waals surface area contributed by atoms with Crippen LogP contribution in [0.3, 0.4) is 0 Å². The smallest absolute Gasteiger partial charge is 0.0190 e. The third-order valence-electron chi connectivity index (χ3n) is 6.74. The van der Waals surface area contributed by atoms with Crippen LogP contribution in [0, 0.1) is 17.8 Å². The highest BCUT2D eigenvalue weighted by Gasteiger charge is 2.39. The molecule has 3 unspecified atom stereocenters. The van der Waals surface area contributed by atoms with Crippen molar-refractivity contribution in [3.8, 4) is 0 Å². The normalized spacial score (nSPS) is 35.9. The summed E-state index contributed by atoms with van der Waals surface area (Å²) in [4.78, 5) is 2.64. The van der Waals surface area contributed by atoms with Gasteiger partial charge < -0.3 is 10.2 Å². The molecule has 2 bridgehead atoms. The molecule has 3 aliphatic carbocycles. The fourth-order valence-corrected chi connectivity index (χ4v) is 5.35. The van der Waals surface area contributed by atoms with Crippen LogP contribution in [-0.4, -0.2) is 37.6 Å². The lowest BCUT2D eigenvalue weighted by atomic mass is 9.79. The van der Waals surface area contributed by atoms with E-state index in [0.29, 0.717) is 5.54 Å². The number of nitrogens with one attached hydrogen (secondary N) is 1. The Kier molecular flexibility index (Phi) is 4.72. The van der Waals surface area contributed by atoms with Gasteiger partial charge in [0.2, 0.25) is 0 Å². The zero-order chi connectivity index (χ0) is 14.0. The van der Waals surface area contributed by atoms with E-state index >= 15 is 0 Å². The van der Waals surface area contributed by atoms with Crippen molar-refractivity contribution in [3.05, 3.63) is 0 Å². The van der Waals surface area contributed by atoms with Crippen LogP contribution in [0.25, 0.3) is 0 Å². The minimum absolute atomic E-state index is 0.460. The quantitative estimate of drug-likeness (QED) is 0.797. The molecule has 0 aromatic carbocycles. The standard InChI is InChI=1S/C18H34N2/c1-19-18(8-4-3-5-9-18)10-11-20(2)14-17-13-15-6-7-16(17)12-15/h15-17,19H,3-14H2,1-2H3. The van der Waals surface area contributed by atoms with Gasteiger partial charge in [0.15, 0.2) is 0 Å². The molecular weight excluding hydrogens is 244 g/mol. The van der Waals surface area contributed by atoms with Crippen molar-refractivity contribution in [3.63, 3.8) is 0 Å². The van der Waals surface area contributed by atoms with E-state index in [1.165, 1.54) is 70.9 Å². The topological polar surface area (TPSA) is 15.3 Å². The van der Waals surface area contributed by atoms with Crippen LogP contribution >= 0.6 is 0 Å². The van der Waals surface area contributed by atoms with E-state index in [9.17, 15) is 0 Å². The molecule has 20 heavy (non-hydrogen) atoms. The molecule has 1 N–H and O–H groups in total. The van der Waals surface area contributed by atoms with E-state index in [-0.39, 0.29) is 0 Å². The molecule has 3 saturated carbocycles. The molecule has 0 amide bonds. The minimum Gasteiger partial charge on any atom is -0.314 e. The second-order valence-corrected chi connectivity index (χ2v) is 8.04. The first kappa shape index (κ1) is 14.8. The highest BCUT2D eigenvalue weighted by Crippen LogP contribution is 2.48. The molecule has 0 aliphatic heterocycles. The zero-order valence-corrected chi connectivity index (χ0v) is 13.7. The summed E-state index contributed by atoms with van der Waals surface area (Å²) in [6, 6.07) is 0. The van der Waals surface area contributed by atoms with E-state index in [2.05, 4.69) is 24.3 Å². The van der Waals surface area contributed by atoms with Crippen molar-refractivity contribution in [1.82, 2.24) is 10.2 Å². The van der Waals surface area contributed by atoms with E-state index < -0.39 is 0 Å². The van der Waals surface area contributed by atoms with Crippen molar-refractivity contribution >= 4 is 0 Å². The Hall–Kier alpha value is -0.0800. The van der Waals surface area contributed by atoms with Crippen LogP contribution in [-0.2, 0) is 0 Å². The monoisotopic (exact) mass is 278 g/mol. The first-order valence-corrected chi connectivity index (χ1v) is 9.08. The summed E-state index contributed by atoms with van der Waals surface area (Å²) in [5.41, 5.74) is 0.460. The lowest BCUT2D eigenvalue weighted by Crippen LogP contribution is -2.47. The zero-order valence-electron chi connectivity index (χ0n) is 13.7. The summed E-state index contributed by atoms with van der Waals surface area (Å²) >= 11 is 0. The second kappa shape index (κ2) is 6.36. The summed E-state index contributed by atoms with van der Waals surface area (Å²) in [7, 11) is 4.54. The molecule has 3 fully saturated rings. The number of hydrogen-bond donors (Lipinski definition) is 1. The summed E-state index contributed by atoms with van der Waals surface area (Å²) < 4.78 is 0. The molecule has 3 rings (SSSR count). The van der Waals surface area contributed by atoms with E-state index in [0.717, 1.165) is 17.8 Å². The van der Waals surface area contributed by atoms with Gasteiger partial charge >= 0.3 is 0 Å². The van der Waals surface area contributed by atoms with Gasteiger partial charge in [-0.05, 0) is 76.9 Å². The van der Waals surface area contributed by atoms with Crippen molar-refractivity contribution in [2.45, 2.75) is 69.7 Å². The third kappa shape index (κ3) is 3.22. The van der Waals surface area contributed by atoms with E-state index in [4.69, 9.17) is 0 Å². The number of hydrogen-bond acceptors (Lipinski definition) is 2. The molecular formula is C18H34N2. The van der Waals surface area contributed by atoms with Crippen LogP contribution in [0.4, 0.5) is 0 Å². The predicted octanol–water partition coefficient (Wildman–Crippen LogP) is 3.67. The summed E-state index contributed by atoms with van der Waals surface area (Å²) in [5.74, 6) is 3.20. The van der Waals surface area contributed by atoms with E-state index in [1.807, 2.05) is 0 Å². The van der Waals surface area contributed by atoms with Gasteiger partial charge in [0.25, 0.3) is 0 Å². The maximum absolute atomic E-state index is 3.67. The van der Waals surface area contributed by atoms with Crippen LogP contribution in [0.1, 0.15) is 64.2 Å². The van der Waals surface area contributed by atoms with Crippen LogP contribution in [0.5, 0.6) is 0 Å². The Bertz CT molecular complexity index is 309. The first-order valence-electron chi connectivity index (χ1n) is 9.08. The first-order chi connectivity index (χ1) is 9.71. The van der Waals surface area contributed by atoms with Gasteiger partial charge in [0, 0.05) is 12.1 Å². The Morgan fingerprint density at radius 3 is 2.50 bits per heavy atom. The second-order valence-electron chi connectivity index (χ2n) is 8.04. The highest BCUT2D eigenvalue weighted by molar-refractivity contribution is 4.92. The third-order valence-corrected chi connectivity index (χ3v) is 6.74. The number of fused-ring (bicyclic) bond motifs is 2. The van der Waals surface area contributed by atoms with Crippen molar-refractivity contribution in [2.24, 2.45) is 17.8 Å². The highest BCUT2D eigenvalue weighted by atomic mass is 15.1. The Balaban J connectivity index is 1.43. The Labute approximate surface area is 125 Å². The van der Waals surface area contributed by atoms with Gasteiger partial charge in [-0.25, -0.2) is 0 Å². The fraction of sp³-hybridized carbons (Fsp3) is 1.00. The van der Waals surface area contributed by atoms with Gasteiger partial charge in [-0.15, -0.1) is 0 Å². The molecule has 2 nitrogen and oxygen atoms in total. The van der Waals surface area contributed by atoms with Crippen LogP contribution < -0.4 is 5.32 Å². The van der Waals surface area contributed by atoms with Crippen molar-refractivity contribution in [1.29, 1.82) is 0 Å². The van der Waals surface area contributed by atoms with Gasteiger partial charge in [-0.1, -0.05) is 25.7 Å². The van der Waals surface area contributed by atoms with Crippen LogP contribution in [0.15, 0.2) is 0 Å². The van der Waals surface area contributed by atoms with Crippen molar-refractivity contribution in [2.75, 3.05) is 27.2 Å². The maximum atomic E-state index is 3.67. The summed E-state index contributed by atoms with van der Waals surface area (Å²) in [6.45, 7) is 2.65. The lowest BCUT2D eigenvalue weighted by Gasteiger charge is -2.39. The molecule has 116 valence electrons. The summed E-state index contributed by atoms with van der Waals surface area (Å²) in [5, 5.41) is 3.67. The number of rotatable bonds is 6. The van der Waals surface area contributed by atoms with Crippen molar-refractivity contribution < 1.29 is 0 Å². The molecule has 0 heterocycles. The average molecular weight is 278 g/mol. The summed E-state index contributed by atoms with van der Waals surface area (Å²) in [6.07, 6.45) is 14.6. The molecule has 2 heteroatoms. The van der Waals surface area contributed by atoms with Gasteiger partial charge in [-0.3, -0.25) is 0 Å². The van der Waals surface area contributed by atoms with Gasteiger partial charge in [0.1, 0.15) is 0 Å². The molecule has 3 atom stereocenters. The fourth-order valence-electron chi connectivity index (χ4n) is 5.35. The molecule has 0 radical (unpaired) electrons. The Morgan fingerprint density at radius 2 is 1.90 bits per heavy atom. The average Bonchev–Trinajstić information content (AvgIpc) is 3.09. The van der Waals surface area contributed by atoms with E-state index in [1.54, 1.807) is 6.42 Å². The minimum atomic E-state index is 0.460. The molecule has 0 aromatic rings. The lowest BCUT2D eigenvalue weighted by molar-refractivity contribution is 0.171. The van der Waals surface area contributed by atoms with Crippen LogP contribution in [0.2, 0.25) is 0 Å².